The maximum absolute atomic E-state index is 10.9. The highest BCUT2D eigenvalue weighted by Gasteiger charge is 2.07. The van der Waals surface area contributed by atoms with Crippen LogP contribution in [0.25, 0.3) is 0 Å². The van der Waals surface area contributed by atoms with E-state index in [-0.39, 0.29) is 0 Å². The Morgan fingerprint density at radius 3 is 2.26 bits per heavy atom. The van der Waals surface area contributed by atoms with Crippen LogP contribution in [-0.2, 0) is 0 Å². The molecule has 0 fully saturated rings. The fourth-order valence-corrected chi connectivity index (χ4v) is 2.64. The van der Waals surface area contributed by atoms with E-state index in [1.807, 2.05) is 43.3 Å². The zero-order valence-electron chi connectivity index (χ0n) is 10.7. The lowest BCUT2D eigenvalue weighted by molar-refractivity contribution is 0.0696. The van der Waals surface area contributed by atoms with Crippen LogP contribution in [0.3, 0.4) is 0 Å². The smallest absolute Gasteiger partial charge is 0.335 e. The number of methoxy groups -OCH3 is 1. The number of aromatic carboxylic acids is 1. The van der Waals surface area contributed by atoms with E-state index in [1.54, 1.807) is 24.9 Å². The topological polar surface area (TPSA) is 46.5 Å². The fraction of sp³-hybridized carbons (Fsp3) is 0.133. The summed E-state index contributed by atoms with van der Waals surface area (Å²) in [6.45, 7) is 1.81. The van der Waals surface area contributed by atoms with Crippen LogP contribution in [0.15, 0.2) is 52.3 Å². The molecule has 2 rings (SSSR count). The zero-order valence-corrected chi connectivity index (χ0v) is 11.5. The maximum Gasteiger partial charge on any atom is 0.335 e. The highest BCUT2D eigenvalue weighted by Crippen LogP contribution is 2.30. The van der Waals surface area contributed by atoms with Gasteiger partial charge in [-0.15, -0.1) is 0 Å². The molecule has 0 heterocycles. The van der Waals surface area contributed by atoms with Gasteiger partial charge >= 0.3 is 5.97 Å². The van der Waals surface area contributed by atoms with Gasteiger partial charge in [-0.05, 0) is 55.0 Å². The summed E-state index contributed by atoms with van der Waals surface area (Å²) in [7, 11) is 1.64. The van der Waals surface area contributed by atoms with Gasteiger partial charge in [0.25, 0.3) is 0 Å². The Bertz CT molecular complexity index is 591. The standard InChI is InChI=1S/C15H14O3S/c1-10-9-13(7-8-14(10)15(16)17)19-12-5-3-11(18-2)4-6-12/h3-9H,1-2H3,(H,16,17). The summed E-state index contributed by atoms with van der Waals surface area (Å²) >= 11 is 1.59. The van der Waals surface area contributed by atoms with E-state index >= 15 is 0 Å². The molecule has 0 atom stereocenters. The molecular weight excluding hydrogens is 260 g/mol. The monoisotopic (exact) mass is 274 g/mol. The molecule has 0 aliphatic carbocycles. The Hall–Kier alpha value is -1.94. The minimum Gasteiger partial charge on any atom is -0.497 e. The number of aryl methyl sites for hydroxylation is 1. The molecule has 0 aliphatic heterocycles. The molecular formula is C15H14O3S. The van der Waals surface area contributed by atoms with Crippen molar-refractivity contribution in [1.82, 2.24) is 0 Å². The largest absolute Gasteiger partial charge is 0.497 e. The summed E-state index contributed by atoms with van der Waals surface area (Å²) in [4.78, 5) is 13.0. The van der Waals surface area contributed by atoms with Crippen LogP contribution in [0.1, 0.15) is 15.9 Å². The van der Waals surface area contributed by atoms with E-state index in [9.17, 15) is 4.79 Å². The number of carboxylic acid groups (broad SMARTS) is 1. The second-order valence-electron chi connectivity index (χ2n) is 4.06. The summed E-state index contributed by atoms with van der Waals surface area (Å²) in [5.41, 5.74) is 1.12. The third kappa shape index (κ3) is 3.29. The van der Waals surface area contributed by atoms with Crippen LogP contribution >= 0.6 is 11.8 Å². The summed E-state index contributed by atoms with van der Waals surface area (Å²) in [6, 6.07) is 13.1. The average molecular weight is 274 g/mol. The molecule has 19 heavy (non-hydrogen) atoms. The highest BCUT2D eigenvalue weighted by atomic mass is 32.2. The van der Waals surface area contributed by atoms with Crippen molar-refractivity contribution in [1.29, 1.82) is 0 Å². The summed E-state index contributed by atoms with van der Waals surface area (Å²) in [5.74, 6) is -0.0692. The molecule has 4 heteroatoms. The summed E-state index contributed by atoms with van der Waals surface area (Å²) in [6.07, 6.45) is 0. The van der Waals surface area contributed by atoms with Crippen molar-refractivity contribution in [2.75, 3.05) is 7.11 Å². The van der Waals surface area contributed by atoms with E-state index in [2.05, 4.69) is 0 Å². The van der Waals surface area contributed by atoms with Gasteiger partial charge in [0.15, 0.2) is 0 Å². The molecule has 0 spiro atoms. The van der Waals surface area contributed by atoms with Crippen LogP contribution in [0.5, 0.6) is 5.75 Å². The normalized spacial score (nSPS) is 10.2. The fourth-order valence-electron chi connectivity index (χ4n) is 1.72. The predicted molar refractivity (Wildman–Crippen MR) is 75.3 cm³/mol. The lowest BCUT2D eigenvalue weighted by Gasteiger charge is -2.06. The molecule has 0 amide bonds. The predicted octanol–water partition coefficient (Wildman–Crippen LogP) is 3.85. The van der Waals surface area contributed by atoms with Gasteiger partial charge in [0.1, 0.15) is 5.75 Å². The third-order valence-electron chi connectivity index (χ3n) is 2.72. The van der Waals surface area contributed by atoms with Gasteiger partial charge in [0.2, 0.25) is 0 Å². The van der Waals surface area contributed by atoms with E-state index in [4.69, 9.17) is 9.84 Å². The van der Waals surface area contributed by atoms with Gasteiger partial charge in [-0.2, -0.15) is 0 Å². The van der Waals surface area contributed by atoms with Gasteiger partial charge in [-0.3, -0.25) is 0 Å². The van der Waals surface area contributed by atoms with Gasteiger partial charge < -0.3 is 9.84 Å². The van der Waals surface area contributed by atoms with E-state index in [1.165, 1.54) is 0 Å². The number of benzene rings is 2. The molecule has 0 saturated heterocycles. The molecule has 3 nitrogen and oxygen atoms in total. The second kappa shape index (κ2) is 5.80. The SMILES string of the molecule is COc1ccc(Sc2ccc(C(=O)O)c(C)c2)cc1. The van der Waals surface area contributed by atoms with E-state index in [0.29, 0.717) is 5.56 Å². The average Bonchev–Trinajstić information content (AvgIpc) is 2.39. The van der Waals surface area contributed by atoms with Gasteiger partial charge in [0, 0.05) is 9.79 Å². The molecule has 0 unspecified atom stereocenters. The van der Waals surface area contributed by atoms with Gasteiger partial charge in [-0.1, -0.05) is 11.8 Å². The molecule has 98 valence electrons. The van der Waals surface area contributed by atoms with Gasteiger partial charge in [0.05, 0.1) is 12.7 Å². The lowest BCUT2D eigenvalue weighted by atomic mass is 10.1. The summed E-state index contributed by atoms with van der Waals surface area (Å²) in [5, 5.41) is 8.98. The van der Waals surface area contributed by atoms with E-state index < -0.39 is 5.97 Å². The van der Waals surface area contributed by atoms with Crippen molar-refractivity contribution in [3.8, 4) is 5.75 Å². The molecule has 0 saturated carbocycles. The number of carbonyl (C=O) groups is 1. The Morgan fingerprint density at radius 2 is 1.74 bits per heavy atom. The number of hydrogen-bond acceptors (Lipinski definition) is 3. The van der Waals surface area contributed by atoms with Gasteiger partial charge in [-0.25, -0.2) is 4.79 Å². The molecule has 0 aliphatic rings. The number of ether oxygens (including phenoxy) is 1. The van der Waals surface area contributed by atoms with Crippen LogP contribution in [0.4, 0.5) is 0 Å². The first-order valence-corrected chi connectivity index (χ1v) is 6.57. The minimum atomic E-state index is -0.890. The molecule has 0 aromatic heterocycles. The first-order chi connectivity index (χ1) is 9.10. The number of hydrogen-bond donors (Lipinski definition) is 1. The third-order valence-corrected chi connectivity index (χ3v) is 3.72. The van der Waals surface area contributed by atoms with Crippen LogP contribution in [-0.4, -0.2) is 18.2 Å². The van der Waals surface area contributed by atoms with Crippen molar-refractivity contribution >= 4 is 17.7 Å². The molecule has 2 aromatic carbocycles. The van der Waals surface area contributed by atoms with E-state index in [0.717, 1.165) is 21.1 Å². The Balaban J connectivity index is 2.18. The second-order valence-corrected chi connectivity index (χ2v) is 5.21. The molecule has 1 N–H and O–H groups in total. The van der Waals surface area contributed by atoms with Crippen molar-refractivity contribution in [2.45, 2.75) is 16.7 Å². The van der Waals surface area contributed by atoms with Crippen molar-refractivity contribution in [3.05, 3.63) is 53.6 Å². The first kappa shape index (κ1) is 13.5. The van der Waals surface area contributed by atoms with Crippen LogP contribution < -0.4 is 4.74 Å². The molecule has 0 bridgehead atoms. The maximum atomic E-state index is 10.9. The Labute approximate surface area is 116 Å². The zero-order chi connectivity index (χ0) is 13.8. The molecule has 0 radical (unpaired) electrons. The minimum absolute atomic E-state index is 0.346. The first-order valence-electron chi connectivity index (χ1n) is 5.76. The lowest BCUT2D eigenvalue weighted by Crippen LogP contribution is -1.98. The van der Waals surface area contributed by atoms with Crippen LogP contribution in [0, 0.1) is 6.92 Å². The summed E-state index contributed by atoms with van der Waals surface area (Å²) < 4.78 is 5.11. The van der Waals surface area contributed by atoms with Crippen molar-refractivity contribution in [2.24, 2.45) is 0 Å². The Kier molecular flexibility index (Phi) is 4.12. The quantitative estimate of drug-likeness (QED) is 0.919. The van der Waals surface area contributed by atoms with Crippen molar-refractivity contribution in [3.63, 3.8) is 0 Å². The molecule has 2 aromatic rings. The highest BCUT2D eigenvalue weighted by molar-refractivity contribution is 7.99. The Morgan fingerprint density at radius 1 is 1.11 bits per heavy atom. The number of carboxylic acids is 1. The van der Waals surface area contributed by atoms with Crippen molar-refractivity contribution < 1.29 is 14.6 Å². The number of rotatable bonds is 4. The van der Waals surface area contributed by atoms with Crippen LogP contribution in [0.2, 0.25) is 0 Å².